The molecule has 0 radical (unpaired) electrons. The van der Waals surface area contributed by atoms with Gasteiger partial charge in [0.2, 0.25) is 0 Å². The van der Waals surface area contributed by atoms with Gasteiger partial charge in [-0.25, -0.2) is 0 Å². The summed E-state index contributed by atoms with van der Waals surface area (Å²) in [5, 5.41) is 6.64. The molecule has 0 amide bonds. The molecule has 0 aliphatic heterocycles. The number of anilines is 1. The molecule has 0 saturated heterocycles. The van der Waals surface area contributed by atoms with Crippen LogP contribution in [0.3, 0.4) is 0 Å². The van der Waals surface area contributed by atoms with Gasteiger partial charge >= 0.3 is 0 Å². The SMILES string of the molecule is CCNCCNc1ccc(OCCC(C)C)cc1. The molecule has 0 spiro atoms. The van der Waals surface area contributed by atoms with Crippen molar-refractivity contribution in [1.29, 1.82) is 0 Å². The lowest BCUT2D eigenvalue weighted by atomic mass is 10.1. The number of ether oxygens (including phenoxy) is 1. The minimum Gasteiger partial charge on any atom is -0.494 e. The molecule has 0 saturated carbocycles. The maximum absolute atomic E-state index is 5.67. The van der Waals surface area contributed by atoms with Crippen LogP contribution < -0.4 is 15.4 Å². The summed E-state index contributed by atoms with van der Waals surface area (Å²) >= 11 is 0. The first-order chi connectivity index (χ1) is 8.72. The summed E-state index contributed by atoms with van der Waals surface area (Å²) in [5.74, 6) is 1.64. The van der Waals surface area contributed by atoms with Crippen molar-refractivity contribution in [2.24, 2.45) is 5.92 Å². The van der Waals surface area contributed by atoms with Gasteiger partial charge in [-0.1, -0.05) is 20.8 Å². The standard InChI is InChI=1S/C15H26N2O/c1-4-16-10-11-17-14-5-7-15(8-6-14)18-12-9-13(2)3/h5-8,13,16-17H,4,9-12H2,1-3H3. The number of nitrogens with one attached hydrogen (secondary N) is 2. The fourth-order valence-electron chi connectivity index (χ4n) is 1.55. The van der Waals surface area contributed by atoms with Crippen molar-refractivity contribution in [3.8, 4) is 5.75 Å². The van der Waals surface area contributed by atoms with Crippen molar-refractivity contribution >= 4 is 5.69 Å². The molecule has 18 heavy (non-hydrogen) atoms. The molecule has 0 atom stereocenters. The van der Waals surface area contributed by atoms with Crippen LogP contribution in [0.4, 0.5) is 5.69 Å². The Morgan fingerprint density at radius 2 is 1.83 bits per heavy atom. The first kappa shape index (κ1) is 14.8. The zero-order valence-electron chi connectivity index (χ0n) is 11.8. The molecule has 3 nitrogen and oxygen atoms in total. The Morgan fingerprint density at radius 1 is 1.11 bits per heavy atom. The van der Waals surface area contributed by atoms with Gasteiger partial charge in [-0.3, -0.25) is 0 Å². The molecular weight excluding hydrogens is 224 g/mol. The summed E-state index contributed by atoms with van der Waals surface area (Å²) in [6.45, 7) is 10.3. The van der Waals surface area contributed by atoms with Gasteiger partial charge in [0.25, 0.3) is 0 Å². The van der Waals surface area contributed by atoms with Crippen molar-refractivity contribution in [3.63, 3.8) is 0 Å². The highest BCUT2D eigenvalue weighted by atomic mass is 16.5. The van der Waals surface area contributed by atoms with Crippen LogP contribution >= 0.6 is 0 Å². The van der Waals surface area contributed by atoms with Crippen LogP contribution in [0.15, 0.2) is 24.3 Å². The fraction of sp³-hybridized carbons (Fsp3) is 0.600. The van der Waals surface area contributed by atoms with Crippen molar-refractivity contribution < 1.29 is 4.74 Å². The summed E-state index contributed by atoms with van der Waals surface area (Å²) in [4.78, 5) is 0. The topological polar surface area (TPSA) is 33.3 Å². The Labute approximate surface area is 111 Å². The van der Waals surface area contributed by atoms with E-state index in [0.29, 0.717) is 5.92 Å². The average molecular weight is 250 g/mol. The van der Waals surface area contributed by atoms with Gasteiger partial charge in [-0.15, -0.1) is 0 Å². The molecule has 0 bridgehead atoms. The van der Waals surface area contributed by atoms with Gasteiger partial charge in [-0.05, 0) is 43.1 Å². The van der Waals surface area contributed by atoms with E-state index in [1.165, 1.54) is 0 Å². The molecule has 0 heterocycles. The third-order valence-corrected chi connectivity index (χ3v) is 2.70. The lowest BCUT2D eigenvalue weighted by Crippen LogP contribution is -2.21. The monoisotopic (exact) mass is 250 g/mol. The fourth-order valence-corrected chi connectivity index (χ4v) is 1.55. The lowest BCUT2D eigenvalue weighted by molar-refractivity contribution is 0.289. The quantitative estimate of drug-likeness (QED) is 0.661. The van der Waals surface area contributed by atoms with E-state index in [1.807, 2.05) is 12.1 Å². The Morgan fingerprint density at radius 3 is 2.44 bits per heavy atom. The Hall–Kier alpha value is -1.22. The molecule has 3 heteroatoms. The van der Waals surface area contributed by atoms with E-state index in [4.69, 9.17) is 4.74 Å². The Kier molecular flexibility index (Phi) is 7.26. The smallest absolute Gasteiger partial charge is 0.119 e. The molecule has 0 aliphatic rings. The largest absolute Gasteiger partial charge is 0.494 e. The molecule has 0 aliphatic carbocycles. The number of likely N-dealkylation sites (N-methyl/N-ethyl adjacent to an activating group) is 1. The van der Waals surface area contributed by atoms with E-state index in [9.17, 15) is 0 Å². The van der Waals surface area contributed by atoms with E-state index in [2.05, 4.69) is 43.5 Å². The minimum atomic E-state index is 0.692. The molecule has 1 aromatic rings. The second-order valence-electron chi connectivity index (χ2n) is 4.84. The maximum Gasteiger partial charge on any atom is 0.119 e. The molecule has 1 rings (SSSR count). The average Bonchev–Trinajstić information content (AvgIpc) is 2.36. The normalized spacial score (nSPS) is 10.7. The molecule has 0 aromatic heterocycles. The highest BCUT2D eigenvalue weighted by Gasteiger charge is 1.97. The van der Waals surface area contributed by atoms with E-state index in [0.717, 1.165) is 44.1 Å². The van der Waals surface area contributed by atoms with Gasteiger partial charge < -0.3 is 15.4 Å². The second-order valence-corrected chi connectivity index (χ2v) is 4.84. The predicted octanol–water partition coefficient (Wildman–Crippen LogP) is 3.13. The van der Waals surface area contributed by atoms with Crippen LogP contribution in [-0.2, 0) is 0 Å². The van der Waals surface area contributed by atoms with Crippen LogP contribution in [0.25, 0.3) is 0 Å². The third-order valence-electron chi connectivity index (χ3n) is 2.70. The van der Waals surface area contributed by atoms with Crippen molar-refractivity contribution in [1.82, 2.24) is 5.32 Å². The third kappa shape index (κ3) is 6.50. The minimum absolute atomic E-state index is 0.692. The predicted molar refractivity (Wildman–Crippen MR) is 78.4 cm³/mol. The maximum atomic E-state index is 5.67. The number of benzene rings is 1. The Bertz CT molecular complexity index is 309. The zero-order valence-corrected chi connectivity index (χ0v) is 11.8. The summed E-state index contributed by atoms with van der Waals surface area (Å²) < 4.78 is 5.67. The van der Waals surface area contributed by atoms with E-state index < -0.39 is 0 Å². The lowest BCUT2D eigenvalue weighted by Gasteiger charge is -2.10. The number of hydrogen-bond donors (Lipinski definition) is 2. The summed E-state index contributed by atoms with van der Waals surface area (Å²) in [7, 11) is 0. The molecule has 0 fully saturated rings. The number of hydrogen-bond acceptors (Lipinski definition) is 3. The molecular formula is C15H26N2O. The van der Waals surface area contributed by atoms with Crippen molar-refractivity contribution in [3.05, 3.63) is 24.3 Å². The van der Waals surface area contributed by atoms with E-state index >= 15 is 0 Å². The Balaban J connectivity index is 2.24. The van der Waals surface area contributed by atoms with Gasteiger partial charge in [0.05, 0.1) is 6.61 Å². The molecule has 102 valence electrons. The molecule has 2 N–H and O–H groups in total. The van der Waals surface area contributed by atoms with Crippen molar-refractivity contribution in [2.75, 3.05) is 31.6 Å². The van der Waals surface area contributed by atoms with Crippen LogP contribution in [0.5, 0.6) is 5.75 Å². The number of rotatable bonds is 9. The first-order valence-corrected chi connectivity index (χ1v) is 6.89. The van der Waals surface area contributed by atoms with Gasteiger partial charge in [0.15, 0.2) is 0 Å². The van der Waals surface area contributed by atoms with E-state index in [1.54, 1.807) is 0 Å². The highest BCUT2D eigenvalue weighted by Crippen LogP contribution is 2.16. The van der Waals surface area contributed by atoms with Crippen LogP contribution in [0.1, 0.15) is 27.2 Å². The molecule has 0 unspecified atom stereocenters. The van der Waals surface area contributed by atoms with Crippen LogP contribution in [0.2, 0.25) is 0 Å². The van der Waals surface area contributed by atoms with E-state index in [-0.39, 0.29) is 0 Å². The zero-order chi connectivity index (χ0) is 13.2. The first-order valence-electron chi connectivity index (χ1n) is 6.89. The van der Waals surface area contributed by atoms with Crippen LogP contribution in [0, 0.1) is 5.92 Å². The van der Waals surface area contributed by atoms with Crippen LogP contribution in [-0.4, -0.2) is 26.2 Å². The summed E-state index contributed by atoms with van der Waals surface area (Å²) in [5.41, 5.74) is 1.14. The summed E-state index contributed by atoms with van der Waals surface area (Å²) in [6, 6.07) is 8.18. The van der Waals surface area contributed by atoms with Gasteiger partial charge in [0, 0.05) is 18.8 Å². The van der Waals surface area contributed by atoms with Gasteiger partial charge in [0.1, 0.15) is 5.75 Å². The van der Waals surface area contributed by atoms with Crippen molar-refractivity contribution in [2.45, 2.75) is 27.2 Å². The molecule has 1 aromatic carbocycles. The second kappa shape index (κ2) is 8.81. The summed E-state index contributed by atoms with van der Waals surface area (Å²) in [6.07, 6.45) is 1.10. The van der Waals surface area contributed by atoms with Gasteiger partial charge in [-0.2, -0.15) is 0 Å². The highest BCUT2D eigenvalue weighted by molar-refractivity contribution is 5.46.